The third-order valence-corrected chi connectivity index (χ3v) is 5.96. The molecule has 0 aromatic heterocycles. The van der Waals surface area contributed by atoms with E-state index in [1.54, 1.807) is 22.0 Å². The molecule has 0 radical (unpaired) electrons. The Morgan fingerprint density at radius 3 is 2.20 bits per heavy atom. The second kappa shape index (κ2) is 11.0. The minimum absolute atomic E-state index is 0.0628. The van der Waals surface area contributed by atoms with Gasteiger partial charge in [0.25, 0.3) is 5.91 Å². The SMILES string of the molecule is CN(C)N=C1C[C@@H](C(=O)NCC(O)c2ccccc2)N(C(=O)c2ccc(-c3ccccc3)cc2)C1. The van der Waals surface area contributed by atoms with Crippen LogP contribution in [-0.2, 0) is 4.79 Å². The highest BCUT2D eigenvalue weighted by molar-refractivity contribution is 6.05. The van der Waals surface area contributed by atoms with Crippen LogP contribution in [0.3, 0.4) is 0 Å². The van der Waals surface area contributed by atoms with E-state index < -0.39 is 12.1 Å². The second-order valence-electron chi connectivity index (χ2n) is 8.78. The summed E-state index contributed by atoms with van der Waals surface area (Å²) >= 11 is 0. The molecule has 4 rings (SSSR count). The van der Waals surface area contributed by atoms with Crippen molar-refractivity contribution in [3.63, 3.8) is 0 Å². The number of likely N-dealkylation sites (tertiary alicyclic amines) is 1. The van der Waals surface area contributed by atoms with E-state index in [4.69, 9.17) is 0 Å². The van der Waals surface area contributed by atoms with Crippen LogP contribution in [0.4, 0.5) is 0 Å². The van der Waals surface area contributed by atoms with Crippen molar-refractivity contribution in [3.05, 3.63) is 96.1 Å². The summed E-state index contributed by atoms with van der Waals surface area (Å²) < 4.78 is 0. The molecule has 180 valence electrons. The summed E-state index contributed by atoms with van der Waals surface area (Å²) in [5.41, 5.74) is 4.08. The van der Waals surface area contributed by atoms with Gasteiger partial charge in [-0.2, -0.15) is 5.10 Å². The smallest absolute Gasteiger partial charge is 0.254 e. The van der Waals surface area contributed by atoms with Crippen molar-refractivity contribution >= 4 is 17.5 Å². The molecular weight excluding hydrogens is 440 g/mol. The molecule has 1 aliphatic heterocycles. The second-order valence-corrected chi connectivity index (χ2v) is 8.78. The summed E-state index contributed by atoms with van der Waals surface area (Å²) in [4.78, 5) is 28.1. The molecule has 1 aliphatic rings. The van der Waals surface area contributed by atoms with Gasteiger partial charge in [-0.25, -0.2) is 0 Å². The normalized spacial score (nSPS) is 17.3. The zero-order valence-corrected chi connectivity index (χ0v) is 20.0. The van der Waals surface area contributed by atoms with Gasteiger partial charge in [-0.3, -0.25) is 9.59 Å². The number of aliphatic hydroxyl groups excluding tert-OH is 1. The van der Waals surface area contributed by atoms with Crippen molar-refractivity contribution < 1.29 is 14.7 Å². The molecule has 3 aromatic carbocycles. The number of hydrazone groups is 1. The van der Waals surface area contributed by atoms with Crippen molar-refractivity contribution in [3.8, 4) is 11.1 Å². The van der Waals surface area contributed by atoms with Crippen LogP contribution in [0.1, 0.15) is 28.4 Å². The quantitative estimate of drug-likeness (QED) is 0.519. The monoisotopic (exact) mass is 470 g/mol. The summed E-state index contributed by atoms with van der Waals surface area (Å²) in [6.45, 7) is 0.337. The Morgan fingerprint density at radius 2 is 1.57 bits per heavy atom. The summed E-state index contributed by atoms with van der Waals surface area (Å²) in [7, 11) is 3.62. The van der Waals surface area contributed by atoms with Gasteiger partial charge in [0, 0.05) is 32.6 Å². The summed E-state index contributed by atoms with van der Waals surface area (Å²) in [5, 5.41) is 19.4. The standard InChI is InChI=1S/C28H30N4O3/c1-31(2)30-24-17-25(27(34)29-18-26(33)22-11-7-4-8-12-22)32(19-24)28(35)23-15-13-21(14-16-23)20-9-5-3-6-10-20/h3-16,25-26,33H,17-19H2,1-2H3,(H,29,34)/t25-,26?/m0/s1. The van der Waals surface area contributed by atoms with Crippen LogP contribution in [0.5, 0.6) is 0 Å². The maximum atomic E-state index is 13.4. The van der Waals surface area contributed by atoms with Crippen LogP contribution in [0.15, 0.2) is 90.0 Å². The topological polar surface area (TPSA) is 85.2 Å². The van der Waals surface area contributed by atoms with Crippen molar-refractivity contribution in [2.45, 2.75) is 18.6 Å². The molecule has 1 heterocycles. The Kier molecular flexibility index (Phi) is 7.57. The summed E-state index contributed by atoms with van der Waals surface area (Å²) in [6, 6.07) is 25.8. The van der Waals surface area contributed by atoms with Gasteiger partial charge in [-0.1, -0.05) is 72.8 Å². The fourth-order valence-corrected chi connectivity index (χ4v) is 4.22. The van der Waals surface area contributed by atoms with E-state index in [1.807, 2.05) is 86.9 Å². The maximum absolute atomic E-state index is 13.4. The van der Waals surface area contributed by atoms with E-state index in [1.165, 1.54) is 0 Å². The molecule has 2 amide bonds. The number of hydrogen-bond donors (Lipinski definition) is 2. The molecule has 0 spiro atoms. The first-order valence-corrected chi connectivity index (χ1v) is 11.6. The highest BCUT2D eigenvalue weighted by Gasteiger charge is 2.38. The molecule has 1 fully saturated rings. The zero-order chi connectivity index (χ0) is 24.8. The Morgan fingerprint density at radius 1 is 0.971 bits per heavy atom. The third-order valence-electron chi connectivity index (χ3n) is 5.96. The zero-order valence-electron chi connectivity index (χ0n) is 20.0. The van der Waals surface area contributed by atoms with E-state index >= 15 is 0 Å². The highest BCUT2D eigenvalue weighted by Crippen LogP contribution is 2.23. The largest absolute Gasteiger partial charge is 0.387 e. The average Bonchev–Trinajstić information content (AvgIpc) is 3.31. The minimum atomic E-state index is -0.828. The van der Waals surface area contributed by atoms with Crippen molar-refractivity contribution in [2.75, 3.05) is 27.2 Å². The predicted octanol–water partition coefficient (Wildman–Crippen LogP) is 3.34. The van der Waals surface area contributed by atoms with E-state index in [0.717, 1.165) is 22.4 Å². The lowest BCUT2D eigenvalue weighted by Crippen LogP contribution is -2.46. The Bertz CT molecular complexity index is 1180. The number of rotatable bonds is 7. The number of nitrogens with zero attached hydrogens (tertiary/aromatic N) is 3. The van der Waals surface area contributed by atoms with Gasteiger partial charge in [-0.15, -0.1) is 0 Å². The van der Waals surface area contributed by atoms with Crippen LogP contribution in [0.2, 0.25) is 0 Å². The molecule has 1 saturated heterocycles. The van der Waals surface area contributed by atoms with Gasteiger partial charge in [-0.05, 0) is 28.8 Å². The Hall–Kier alpha value is -3.97. The molecule has 2 N–H and O–H groups in total. The molecule has 7 nitrogen and oxygen atoms in total. The molecule has 0 aliphatic carbocycles. The molecule has 7 heteroatoms. The third kappa shape index (κ3) is 5.94. The van der Waals surface area contributed by atoms with Crippen LogP contribution >= 0.6 is 0 Å². The summed E-state index contributed by atoms with van der Waals surface area (Å²) in [6.07, 6.45) is -0.481. The van der Waals surface area contributed by atoms with E-state index in [-0.39, 0.29) is 24.9 Å². The van der Waals surface area contributed by atoms with Gasteiger partial charge < -0.3 is 20.3 Å². The van der Waals surface area contributed by atoms with Crippen LogP contribution in [0, 0.1) is 0 Å². The lowest BCUT2D eigenvalue weighted by molar-refractivity contribution is -0.125. The first kappa shape index (κ1) is 24.2. The highest BCUT2D eigenvalue weighted by atomic mass is 16.3. The molecule has 0 bridgehead atoms. The molecule has 0 saturated carbocycles. The molecule has 35 heavy (non-hydrogen) atoms. The number of benzene rings is 3. The summed E-state index contributed by atoms with van der Waals surface area (Å²) in [5.74, 6) is -0.532. The van der Waals surface area contributed by atoms with Gasteiger partial charge in [0.1, 0.15) is 6.04 Å². The number of aliphatic hydroxyl groups is 1. The van der Waals surface area contributed by atoms with Gasteiger partial charge in [0.15, 0.2) is 0 Å². The van der Waals surface area contributed by atoms with Gasteiger partial charge >= 0.3 is 0 Å². The number of hydrogen-bond acceptors (Lipinski definition) is 5. The Labute approximate surface area is 205 Å². The van der Waals surface area contributed by atoms with E-state index in [9.17, 15) is 14.7 Å². The van der Waals surface area contributed by atoms with Crippen LogP contribution in [0.25, 0.3) is 11.1 Å². The molecule has 1 unspecified atom stereocenters. The van der Waals surface area contributed by atoms with Gasteiger partial charge in [0.2, 0.25) is 5.91 Å². The predicted molar refractivity (Wildman–Crippen MR) is 137 cm³/mol. The number of amides is 2. The van der Waals surface area contributed by atoms with Crippen molar-refractivity contribution in [2.24, 2.45) is 5.10 Å². The number of carbonyl (C=O) groups excluding carboxylic acids is 2. The molecule has 3 aromatic rings. The average molecular weight is 471 g/mol. The minimum Gasteiger partial charge on any atom is -0.387 e. The van der Waals surface area contributed by atoms with Crippen molar-refractivity contribution in [1.29, 1.82) is 0 Å². The van der Waals surface area contributed by atoms with Crippen molar-refractivity contribution in [1.82, 2.24) is 15.2 Å². The lowest BCUT2D eigenvalue weighted by Gasteiger charge is -2.24. The van der Waals surface area contributed by atoms with E-state index in [0.29, 0.717) is 12.0 Å². The molecular formula is C28H30N4O3. The fraction of sp³-hybridized carbons (Fsp3) is 0.250. The first-order valence-electron chi connectivity index (χ1n) is 11.6. The Balaban J connectivity index is 1.49. The fourth-order valence-electron chi connectivity index (χ4n) is 4.22. The number of nitrogens with one attached hydrogen (secondary N) is 1. The van der Waals surface area contributed by atoms with Crippen LogP contribution < -0.4 is 5.32 Å². The van der Waals surface area contributed by atoms with Gasteiger partial charge in [0.05, 0.1) is 18.4 Å². The molecule has 2 atom stereocenters. The van der Waals surface area contributed by atoms with Crippen LogP contribution in [-0.4, -0.2) is 65.8 Å². The first-order chi connectivity index (χ1) is 16.9. The maximum Gasteiger partial charge on any atom is 0.254 e. The number of carbonyl (C=O) groups is 2. The lowest BCUT2D eigenvalue weighted by atomic mass is 10.0. The van der Waals surface area contributed by atoms with E-state index in [2.05, 4.69) is 10.4 Å².